The molecule has 2 atom stereocenters. The Bertz CT molecular complexity index is 965. The van der Waals surface area contributed by atoms with E-state index in [-0.39, 0.29) is 35.1 Å². The van der Waals surface area contributed by atoms with Crippen molar-refractivity contribution in [2.75, 3.05) is 13.2 Å². The highest BCUT2D eigenvalue weighted by Crippen LogP contribution is 2.55. The van der Waals surface area contributed by atoms with Gasteiger partial charge >= 0.3 is 0 Å². The third kappa shape index (κ3) is 3.46. The lowest BCUT2D eigenvalue weighted by Gasteiger charge is -2.33. The van der Waals surface area contributed by atoms with Gasteiger partial charge in [-0.05, 0) is 67.3 Å². The summed E-state index contributed by atoms with van der Waals surface area (Å²) in [5.41, 5.74) is 2.71. The van der Waals surface area contributed by atoms with E-state index in [9.17, 15) is 9.18 Å². The van der Waals surface area contributed by atoms with Gasteiger partial charge in [-0.3, -0.25) is 4.79 Å². The summed E-state index contributed by atoms with van der Waals surface area (Å²) >= 11 is 0. The molecule has 3 aliphatic rings. The van der Waals surface area contributed by atoms with Crippen LogP contribution in [0.15, 0.2) is 36.4 Å². The quantitative estimate of drug-likeness (QED) is 0.751. The number of rotatable bonds is 4. The minimum Gasteiger partial charge on any atom is -0.368 e. The summed E-state index contributed by atoms with van der Waals surface area (Å²) in [4.78, 5) is 14.8. The van der Waals surface area contributed by atoms with Crippen molar-refractivity contribution >= 4 is 5.91 Å². The molecule has 0 bridgehead atoms. The van der Waals surface area contributed by atoms with Gasteiger partial charge in [-0.2, -0.15) is 0 Å². The second kappa shape index (κ2) is 6.91. The number of carbonyl (C=O) groups is 1. The molecule has 3 nitrogen and oxygen atoms in total. The van der Waals surface area contributed by atoms with Crippen molar-refractivity contribution in [1.29, 1.82) is 0 Å². The highest BCUT2D eigenvalue weighted by atomic mass is 19.1. The van der Waals surface area contributed by atoms with E-state index in [4.69, 9.17) is 4.74 Å². The molecule has 1 unspecified atom stereocenters. The molecule has 1 aliphatic carbocycles. The van der Waals surface area contributed by atoms with Gasteiger partial charge in [0, 0.05) is 24.6 Å². The van der Waals surface area contributed by atoms with Gasteiger partial charge in [0.25, 0.3) is 5.91 Å². The Kier molecular flexibility index (Phi) is 4.46. The largest absolute Gasteiger partial charge is 0.368 e. The zero-order valence-corrected chi connectivity index (χ0v) is 16.6. The first-order chi connectivity index (χ1) is 13.9. The fraction of sp³-hybridized carbons (Fsp3) is 0.458. The Balaban J connectivity index is 1.45. The SMILES string of the molecule is Cc1cc(C[C@H]2CC3(CC3)CN2C(=O)C2CCO2)c(F)c(-c2cccc(F)c2)c1. The first-order valence-corrected chi connectivity index (χ1v) is 10.4. The number of benzene rings is 2. The fourth-order valence-electron chi connectivity index (χ4n) is 4.87. The highest BCUT2D eigenvalue weighted by Gasteiger charge is 2.54. The Morgan fingerprint density at radius 3 is 2.69 bits per heavy atom. The maximum absolute atomic E-state index is 15.4. The van der Waals surface area contributed by atoms with Gasteiger partial charge in [0.05, 0.1) is 6.61 Å². The summed E-state index contributed by atoms with van der Waals surface area (Å²) in [6, 6.07) is 9.65. The van der Waals surface area contributed by atoms with Crippen molar-refractivity contribution in [2.24, 2.45) is 5.41 Å². The third-order valence-corrected chi connectivity index (χ3v) is 6.71. The minimum atomic E-state index is -0.381. The molecule has 5 rings (SSSR count). The molecule has 2 aromatic rings. The number of nitrogens with zero attached hydrogens (tertiary/aromatic N) is 1. The lowest BCUT2D eigenvalue weighted by molar-refractivity contribution is -0.157. The maximum Gasteiger partial charge on any atom is 0.252 e. The van der Waals surface area contributed by atoms with Gasteiger partial charge in [-0.25, -0.2) is 8.78 Å². The molecule has 0 N–H and O–H groups in total. The van der Waals surface area contributed by atoms with Gasteiger partial charge in [0.2, 0.25) is 0 Å². The first-order valence-electron chi connectivity index (χ1n) is 10.4. The number of ether oxygens (including phenoxy) is 1. The Hall–Kier alpha value is -2.27. The van der Waals surface area contributed by atoms with Crippen molar-refractivity contribution in [3.8, 4) is 11.1 Å². The van der Waals surface area contributed by atoms with Gasteiger partial charge in [-0.1, -0.05) is 23.8 Å². The van der Waals surface area contributed by atoms with Crippen molar-refractivity contribution in [3.63, 3.8) is 0 Å². The summed E-state index contributed by atoms with van der Waals surface area (Å²) in [7, 11) is 0. The van der Waals surface area contributed by atoms with E-state index < -0.39 is 0 Å². The number of likely N-dealkylation sites (tertiary alicyclic amines) is 1. The predicted molar refractivity (Wildman–Crippen MR) is 106 cm³/mol. The average Bonchev–Trinajstić information content (AvgIpc) is 3.29. The number of carbonyl (C=O) groups excluding carboxylic acids is 1. The monoisotopic (exact) mass is 397 g/mol. The number of hydrogen-bond donors (Lipinski definition) is 0. The second-order valence-corrected chi connectivity index (χ2v) is 8.97. The molecule has 2 heterocycles. The standard InChI is InChI=1S/C24H25F2NO2/c1-15-9-17(22(26)20(10-15)16-3-2-4-18(25)11-16)12-19-13-24(6-7-24)14-27(19)23(28)21-5-8-29-21/h2-4,9-11,19,21H,5-8,12-14H2,1H3/t19-,21?/m0/s1. The topological polar surface area (TPSA) is 29.5 Å². The lowest BCUT2D eigenvalue weighted by Crippen LogP contribution is -2.48. The smallest absolute Gasteiger partial charge is 0.252 e. The molecule has 152 valence electrons. The number of aryl methyl sites for hydroxylation is 1. The zero-order valence-electron chi connectivity index (χ0n) is 16.6. The fourth-order valence-corrected chi connectivity index (χ4v) is 4.87. The average molecular weight is 397 g/mol. The minimum absolute atomic E-state index is 0.00846. The second-order valence-electron chi connectivity index (χ2n) is 8.97. The molecule has 2 aromatic carbocycles. The van der Waals surface area contributed by atoms with Crippen LogP contribution < -0.4 is 0 Å². The predicted octanol–water partition coefficient (Wildman–Crippen LogP) is 4.65. The van der Waals surface area contributed by atoms with E-state index in [1.54, 1.807) is 18.2 Å². The number of amides is 1. The van der Waals surface area contributed by atoms with E-state index in [1.165, 1.54) is 12.1 Å². The van der Waals surface area contributed by atoms with E-state index in [1.807, 2.05) is 17.9 Å². The van der Waals surface area contributed by atoms with Crippen LogP contribution in [0.2, 0.25) is 0 Å². The molecule has 3 fully saturated rings. The van der Waals surface area contributed by atoms with Crippen molar-refractivity contribution < 1.29 is 18.3 Å². The molecule has 1 spiro atoms. The number of hydrogen-bond acceptors (Lipinski definition) is 2. The van der Waals surface area contributed by atoms with Crippen LogP contribution in [0.1, 0.15) is 36.8 Å². The third-order valence-electron chi connectivity index (χ3n) is 6.71. The summed E-state index contributed by atoms with van der Waals surface area (Å²) in [5.74, 6) is -0.637. The van der Waals surface area contributed by atoms with E-state index in [0.29, 0.717) is 29.7 Å². The lowest BCUT2D eigenvalue weighted by atomic mass is 9.93. The van der Waals surface area contributed by atoms with Crippen molar-refractivity contribution in [3.05, 3.63) is 59.2 Å². The van der Waals surface area contributed by atoms with Crippen LogP contribution in [0.3, 0.4) is 0 Å². The van der Waals surface area contributed by atoms with Crippen molar-refractivity contribution in [2.45, 2.75) is 51.2 Å². The van der Waals surface area contributed by atoms with Crippen LogP contribution in [0, 0.1) is 24.0 Å². The van der Waals surface area contributed by atoms with Gasteiger partial charge < -0.3 is 9.64 Å². The molecule has 29 heavy (non-hydrogen) atoms. The van der Waals surface area contributed by atoms with Gasteiger partial charge in [-0.15, -0.1) is 0 Å². The van der Waals surface area contributed by atoms with Crippen molar-refractivity contribution in [1.82, 2.24) is 4.90 Å². The van der Waals surface area contributed by atoms with Crippen LogP contribution >= 0.6 is 0 Å². The molecule has 0 aromatic heterocycles. The molecule has 2 saturated heterocycles. The first kappa shape index (κ1) is 18.7. The highest BCUT2D eigenvalue weighted by molar-refractivity contribution is 5.82. The number of halogens is 2. The normalized spacial score (nSPS) is 24.6. The van der Waals surface area contributed by atoms with Crippen LogP contribution in [-0.2, 0) is 16.0 Å². The van der Waals surface area contributed by atoms with Crippen LogP contribution in [0.5, 0.6) is 0 Å². The molecular formula is C24H25F2NO2. The molecule has 5 heteroatoms. The molecule has 0 radical (unpaired) electrons. The summed E-state index contributed by atoms with van der Waals surface area (Å²) in [6.07, 6.45) is 4.14. The summed E-state index contributed by atoms with van der Waals surface area (Å²) < 4.78 is 34.5. The van der Waals surface area contributed by atoms with Crippen LogP contribution in [0.25, 0.3) is 11.1 Å². The summed E-state index contributed by atoms with van der Waals surface area (Å²) in [6.45, 7) is 3.33. The van der Waals surface area contributed by atoms with E-state index >= 15 is 4.39 Å². The molecular weight excluding hydrogens is 372 g/mol. The zero-order chi connectivity index (χ0) is 20.2. The Morgan fingerprint density at radius 2 is 2.03 bits per heavy atom. The maximum atomic E-state index is 15.4. The van der Waals surface area contributed by atoms with E-state index in [0.717, 1.165) is 37.8 Å². The Morgan fingerprint density at radius 1 is 1.24 bits per heavy atom. The van der Waals surface area contributed by atoms with E-state index in [2.05, 4.69) is 0 Å². The Labute approximate surface area is 169 Å². The summed E-state index contributed by atoms with van der Waals surface area (Å²) in [5, 5.41) is 0. The van der Waals surface area contributed by atoms with Crippen LogP contribution in [0.4, 0.5) is 8.78 Å². The molecule has 2 aliphatic heterocycles. The molecule has 1 saturated carbocycles. The van der Waals surface area contributed by atoms with Crippen LogP contribution in [-0.4, -0.2) is 36.1 Å². The molecule has 1 amide bonds. The van der Waals surface area contributed by atoms with Gasteiger partial charge in [0.1, 0.15) is 17.7 Å². The van der Waals surface area contributed by atoms with Gasteiger partial charge in [0.15, 0.2) is 0 Å².